The summed E-state index contributed by atoms with van der Waals surface area (Å²) >= 11 is 0. The highest BCUT2D eigenvalue weighted by Crippen LogP contribution is 2.33. The normalized spacial score (nSPS) is 20.7. The van der Waals surface area contributed by atoms with E-state index in [9.17, 15) is 14.4 Å². The largest absolute Gasteiger partial charge is 0.445 e. The van der Waals surface area contributed by atoms with Crippen molar-refractivity contribution in [1.82, 2.24) is 39.4 Å². The Hall–Kier alpha value is -4.75. The second-order valence-corrected chi connectivity index (χ2v) is 13.2. The van der Waals surface area contributed by atoms with E-state index in [0.29, 0.717) is 35.3 Å². The minimum atomic E-state index is -0.331. The number of benzene rings is 1. The Morgan fingerprint density at radius 1 is 0.878 bits per heavy atom. The van der Waals surface area contributed by atoms with Crippen molar-refractivity contribution in [3.8, 4) is 0 Å². The molecule has 4 N–H and O–H groups in total. The monoisotopic (exact) mass is 672 g/mol. The predicted molar refractivity (Wildman–Crippen MR) is 187 cm³/mol. The smallest absolute Gasteiger partial charge is 0.410 e. The standard InChI is InChI=1S/C21H24N4O3.C13H18N4O.C2H6O/c1-14-8-9-18(17-10-19-22-20(26)15(2)12-25(19)23-17)24(11-14)21(27)28-13-16-6-4-3-5-7-16;1-8-3-4-10(14-6-8)11-5-12-15-13(18)9(2)7-17(12)16-11;1-2-3/h3-7,10,12,14,18H,8-9,11,13H2,1-2H3,(H,22,26);5,7-8,10,14H,3-4,6H2,1-2H3,(H,15,18);3H,2H2,1H3/t14-,18-;8-,10-;/m00./s1. The van der Waals surface area contributed by atoms with E-state index in [1.165, 1.54) is 6.42 Å². The molecular weight excluding hydrogens is 624 g/mol. The number of aryl methyl sites for hydroxylation is 2. The summed E-state index contributed by atoms with van der Waals surface area (Å²) in [5, 5.41) is 20.2. The van der Waals surface area contributed by atoms with Gasteiger partial charge in [-0.2, -0.15) is 10.2 Å². The maximum absolute atomic E-state index is 12.8. The SMILES string of the molecule is CCO.Cc1cn2nc([C@@H]3CC[C@H](C)CN3)cc2[nH]c1=O.Cc1cn2nc([C@@H]3CC[C@H](C)CN3C(=O)OCc3ccccc3)cc2[nH]c1=O. The highest BCUT2D eigenvalue weighted by molar-refractivity contribution is 5.68. The van der Waals surface area contributed by atoms with E-state index in [1.807, 2.05) is 42.5 Å². The van der Waals surface area contributed by atoms with E-state index in [-0.39, 0.29) is 36.5 Å². The average Bonchev–Trinajstić information content (AvgIpc) is 3.69. The fourth-order valence-electron chi connectivity index (χ4n) is 6.17. The van der Waals surface area contributed by atoms with Crippen molar-refractivity contribution in [1.29, 1.82) is 0 Å². The van der Waals surface area contributed by atoms with Crippen LogP contribution in [-0.4, -0.2) is 65.0 Å². The molecular formula is C36H48N8O5. The number of nitrogens with one attached hydrogen (secondary N) is 3. The first-order valence-electron chi connectivity index (χ1n) is 17.1. The molecule has 4 atom stereocenters. The van der Waals surface area contributed by atoms with Crippen LogP contribution in [0.25, 0.3) is 11.3 Å². The van der Waals surface area contributed by atoms with Gasteiger partial charge in [0.15, 0.2) is 0 Å². The number of aliphatic hydroxyl groups is 1. The molecule has 1 amide bonds. The Labute approximate surface area is 285 Å². The summed E-state index contributed by atoms with van der Waals surface area (Å²) < 4.78 is 8.99. The molecule has 1 aromatic carbocycles. The second kappa shape index (κ2) is 16.1. The summed E-state index contributed by atoms with van der Waals surface area (Å²) in [6.07, 6.45) is 7.31. The molecule has 0 bridgehead atoms. The van der Waals surface area contributed by atoms with Crippen molar-refractivity contribution >= 4 is 17.4 Å². The molecule has 49 heavy (non-hydrogen) atoms. The van der Waals surface area contributed by atoms with Crippen LogP contribution in [0.3, 0.4) is 0 Å². The first kappa shape index (κ1) is 35.6. The lowest BCUT2D eigenvalue weighted by atomic mass is 9.93. The topological polar surface area (TPSA) is 162 Å². The van der Waals surface area contributed by atoms with Gasteiger partial charge in [0.05, 0.1) is 23.5 Å². The molecule has 13 heteroatoms. The van der Waals surface area contributed by atoms with Gasteiger partial charge in [0.1, 0.15) is 17.9 Å². The van der Waals surface area contributed by atoms with Crippen LogP contribution in [0.1, 0.15) is 86.6 Å². The predicted octanol–water partition coefficient (Wildman–Crippen LogP) is 4.83. The molecule has 2 saturated heterocycles. The number of rotatable bonds is 4. The number of carbonyl (C=O) groups excluding carboxylic acids is 1. The van der Waals surface area contributed by atoms with Crippen molar-refractivity contribution in [2.75, 3.05) is 19.7 Å². The van der Waals surface area contributed by atoms with Gasteiger partial charge >= 0.3 is 6.09 Å². The van der Waals surface area contributed by atoms with Crippen LogP contribution in [0, 0.1) is 25.7 Å². The molecule has 0 aliphatic carbocycles. The molecule has 262 valence electrons. The third-order valence-electron chi connectivity index (χ3n) is 8.96. The van der Waals surface area contributed by atoms with Crippen LogP contribution in [-0.2, 0) is 11.3 Å². The zero-order chi connectivity index (χ0) is 35.1. The number of aromatic nitrogens is 6. The van der Waals surface area contributed by atoms with Gasteiger partial charge < -0.3 is 25.1 Å². The number of likely N-dealkylation sites (tertiary alicyclic amines) is 1. The van der Waals surface area contributed by atoms with E-state index in [0.717, 1.165) is 54.3 Å². The third-order valence-corrected chi connectivity index (χ3v) is 8.96. The van der Waals surface area contributed by atoms with Gasteiger partial charge in [0.2, 0.25) is 0 Å². The van der Waals surface area contributed by atoms with Crippen LogP contribution in [0.4, 0.5) is 4.79 Å². The number of fused-ring (bicyclic) bond motifs is 2. The molecule has 6 heterocycles. The minimum Gasteiger partial charge on any atom is -0.445 e. The number of nitrogens with zero attached hydrogens (tertiary/aromatic N) is 5. The Bertz CT molecular complexity index is 1960. The van der Waals surface area contributed by atoms with Gasteiger partial charge in [-0.25, -0.2) is 13.8 Å². The average molecular weight is 673 g/mol. The fourth-order valence-corrected chi connectivity index (χ4v) is 6.17. The lowest BCUT2D eigenvalue weighted by Gasteiger charge is -2.36. The number of hydrogen-bond donors (Lipinski definition) is 4. The molecule has 13 nitrogen and oxygen atoms in total. The summed E-state index contributed by atoms with van der Waals surface area (Å²) in [4.78, 5) is 43.7. The van der Waals surface area contributed by atoms with Gasteiger partial charge in [-0.1, -0.05) is 44.2 Å². The molecule has 4 aromatic heterocycles. The highest BCUT2D eigenvalue weighted by Gasteiger charge is 2.34. The fraction of sp³-hybridized carbons (Fsp3) is 0.472. The molecule has 5 aromatic rings. The van der Waals surface area contributed by atoms with Crippen LogP contribution >= 0.6 is 0 Å². The third kappa shape index (κ3) is 8.84. The summed E-state index contributed by atoms with van der Waals surface area (Å²) in [6.45, 7) is 11.8. The second-order valence-electron chi connectivity index (χ2n) is 13.2. The molecule has 7 rings (SSSR count). The number of piperidine rings is 2. The molecule has 0 unspecified atom stereocenters. The van der Waals surface area contributed by atoms with Crippen LogP contribution in [0.2, 0.25) is 0 Å². The number of hydrogen-bond acceptors (Lipinski definition) is 8. The lowest BCUT2D eigenvalue weighted by Crippen LogP contribution is -2.42. The summed E-state index contributed by atoms with van der Waals surface area (Å²) in [5.41, 5.74) is 5.24. The summed E-state index contributed by atoms with van der Waals surface area (Å²) in [7, 11) is 0. The number of carbonyl (C=O) groups is 1. The van der Waals surface area contributed by atoms with Crippen molar-refractivity contribution < 1.29 is 14.6 Å². The molecule has 0 saturated carbocycles. The van der Waals surface area contributed by atoms with E-state index >= 15 is 0 Å². The Morgan fingerprint density at radius 2 is 1.45 bits per heavy atom. The summed E-state index contributed by atoms with van der Waals surface area (Å²) in [6, 6.07) is 13.6. The molecule has 2 aliphatic heterocycles. The Balaban J connectivity index is 0.000000191. The Kier molecular flexibility index (Phi) is 11.7. The number of amides is 1. The van der Waals surface area contributed by atoms with Crippen LogP contribution in [0.15, 0.2) is 64.4 Å². The van der Waals surface area contributed by atoms with E-state index < -0.39 is 0 Å². The van der Waals surface area contributed by atoms with E-state index in [1.54, 1.807) is 47.1 Å². The number of aromatic amines is 2. The van der Waals surface area contributed by atoms with Crippen molar-refractivity contribution in [2.45, 2.75) is 79.0 Å². The molecule has 0 spiro atoms. The van der Waals surface area contributed by atoms with Gasteiger partial charge in [-0.3, -0.25) is 14.5 Å². The lowest BCUT2D eigenvalue weighted by molar-refractivity contribution is 0.0553. The Morgan fingerprint density at radius 3 is 2.04 bits per heavy atom. The number of H-pyrrole nitrogens is 2. The van der Waals surface area contributed by atoms with Crippen LogP contribution < -0.4 is 16.4 Å². The van der Waals surface area contributed by atoms with Crippen LogP contribution in [0.5, 0.6) is 0 Å². The maximum atomic E-state index is 12.8. The van der Waals surface area contributed by atoms with Gasteiger partial charge in [-0.15, -0.1) is 0 Å². The maximum Gasteiger partial charge on any atom is 0.410 e. The summed E-state index contributed by atoms with van der Waals surface area (Å²) in [5.74, 6) is 1.14. The molecule has 0 radical (unpaired) electrons. The quantitative estimate of drug-likeness (QED) is 0.211. The van der Waals surface area contributed by atoms with Crippen molar-refractivity contribution in [3.05, 3.63) is 104 Å². The zero-order valence-corrected chi connectivity index (χ0v) is 29.0. The van der Waals surface area contributed by atoms with Crippen molar-refractivity contribution in [2.24, 2.45) is 11.8 Å². The first-order valence-corrected chi connectivity index (χ1v) is 17.1. The van der Waals surface area contributed by atoms with Gasteiger partial charge in [0, 0.05) is 48.8 Å². The van der Waals surface area contributed by atoms with Gasteiger partial charge in [-0.05, 0) is 70.4 Å². The zero-order valence-electron chi connectivity index (χ0n) is 29.0. The minimum absolute atomic E-state index is 0.0424. The van der Waals surface area contributed by atoms with E-state index in [4.69, 9.17) is 9.84 Å². The highest BCUT2D eigenvalue weighted by atomic mass is 16.6. The van der Waals surface area contributed by atoms with Gasteiger partial charge in [0.25, 0.3) is 11.1 Å². The number of ether oxygens (including phenoxy) is 1. The van der Waals surface area contributed by atoms with E-state index in [2.05, 4.69) is 39.3 Å². The molecule has 2 fully saturated rings. The number of aliphatic hydroxyl groups excluding tert-OH is 1. The van der Waals surface area contributed by atoms with Crippen molar-refractivity contribution in [3.63, 3.8) is 0 Å². The molecule has 2 aliphatic rings. The first-order chi connectivity index (χ1) is 23.6.